The maximum Gasteiger partial charge on any atom is 0.319 e. The first-order valence-electron chi connectivity index (χ1n) is 15.5. The minimum Gasteiger partial charge on any atom is -0.508 e. The predicted octanol–water partition coefficient (Wildman–Crippen LogP) is 5.69. The average Bonchev–Trinajstić information content (AvgIpc) is 3.71. The van der Waals surface area contributed by atoms with Gasteiger partial charge < -0.3 is 20.1 Å². The number of piperazine rings is 1. The number of benzene rings is 3. The molecule has 3 saturated heterocycles. The molecule has 0 saturated carbocycles. The monoisotopic (exact) mass is 634 g/mol. The van der Waals surface area contributed by atoms with Crippen molar-refractivity contribution in [3.8, 4) is 35.2 Å². The minimum atomic E-state index is -1.01. The lowest BCUT2D eigenvalue weighted by atomic mass is 9.92. The molecule has 3 fully saturated rings. The lowest BCUT2D eigenvalue weighted by Crippen LogP contribution is -2.52. The topological polar surface area (TPSA) is 78.1 Å². The summed E-state index contributed by atoms with van der Waals surface area (Å²) >= 11 is 0. The molecule has 47 heavy (non-hydrogen) atoms. The highest BCUT2D eigenvalue weighted by Crippen LogP contribution is 2.44. The van der Waals surface area contributed by atoms with Gasteiger partial charge in [0.05, 0.1) is 23.2 Å². The van der Waals surface area contributed by atoms with Crippen molar-refractivity contribution in [2.45, 2.75) is 36.9 Å². The van der Waals surface area contributed by atoms with E-state index in [1.54, 1.807) is 6.20 Å². The predicted molar refractivity (Wildman–Crippen MR) is 172 cm³/mol. The van der Waals surface area contributed by atoms with Crippen LogP contribution < -0.4 is 15.0 Å². The van der Waals surface area contributed by atoms with Crippen molar-refractivity contribution in [1.29, 1.82) is 0 Å². The van der Waals surface area contributed by atoms with Crippen molar-refractivity contribution in [2.75, 3.05) is 37.7 Å². The van der Waals surface area contributed by atoms with Crippen molar-refractivity contribution < 1.29 is 23.0 Å². The fraction of sp³-hybridized carbons (Fsp3) is 0.306. The number of aromatic hydroxyl groups is 1. The Hall–Kier alpha value is -5.10. The van der Waals surface area contributed by atoms with E-state index in [0.717, 1.165) is 31.0 Å². The SMILES string of the molecule is [C-]#[N+]/C=C1/CN2CCCC2(COc2nc(N3CC4C=CC(C3)N4)c3cc(F)c(-c4cc(O)cc5ccc(F)c(C#C)c45)c(F)c3n2)C1. The number of terminal acetylenes is 1. The largest absolute Gasteiger partial charge is 0.508 e. The van der Waals surface area contributed by atoms with Crippen LogP contribution in [0.4, 0.5) is 19.0 Å². The second-order valence-electron chi connectivity index (χ2n) is 12.7. The Balaban J connectivity index is 1.29. The van der Waals surface area contributed by atoms with E-state index in [0.29, 0.717) is 37.3 Å². The molecular weight excluding hydrogens is 605 g/mol. The first-order valence-corrected chi connectivity index (χ1v) is 15.5. The molecular formula is C36H29F3N6O2. The highest BCUT2D eigenvalue weighted by molar-refractivity contribution is 6.04. The van der Waals surface area contributed by atoms with E-state index in [1.807, 2.05) is 4.90 Å². The van der Waals surface area contributed by atoms with Crippen molar-refractivity contribution >= 4 is 27.5 Å². The van der Waals surface area contributed by atoms with Gasteiger partial charge in [-0.1, -0.05) is 29.7 Å². The second kappa shape index (κ2) is 11.0. The van der Waals surface area contributed by atoms with E-state index in [1.165, 1.54) is 24.3 Å². The van der Waals surface area contributed by atoms with Crippen molar-refractivity contribution in [3.63, 3.8) is 0 Å². The Kier molecular flexibility index (Phi) is 6.87. The van der Waals surface area contributed by atoms with E-state index in [-0.39, 0.29) is 63.4 Å². The van der Waals surface area contributed by atoms with Crippen molar-refractivity contribution in [1.82, 2.24) is 20.2 Å². The Morgan fingerprint density at radius 2 is 1.96 bits per heavy atom. The van der Waals surface area contributed by atoms with E-state index in [4.69, 9.17) is 22.7 Å². The van der Waals surface area contributed by atoms with Crippen LogP contribution in [0.2, 0.25) is 0 Å². The zero-order chi connectivity index (χ0) is 32.4. The van der Waals surface area contributed by atoms with Gasteiger partial charge in [-0.3, -0.25) is 4.90 Å². The third-order valence-electron chi connectivity index (χ3n) is 9.85. The molecule has 4 aliphatic rings. The molecule has 5 heterocycles. The number of hydrogen-bond donors (Lipinski definition) is 2. The van der Waals surface area contributed by atoms with E-state index in [9.17, 15) is 9.50 Å². The average molecular weight is 635 g/mol. The fourth-order valence-corrected chi connectivity index (χ4v) is 7.84. The summed E-state index contributed by atoms with van der Waals surface area (Å²) in [6.45, 7) is 10.1. The van der Waals surface area contributed by atoms with Crippen LogP contribution in [0.3, 0.4) is 0 Å². The molecule has 3 unspecified atom stereocenters. The number of phenolic OH excluding ortho intramolecular Hbond substituents is 1. The number of phenols is 1. The molecule has 8 nitrogen and oxygen atoms in total. The Morgan fingerprint density at radius 1 is 1.15 bits per heavy atom. The van der Waals surface area contributed by atoms with Gasteiger partial charge in [0, 0.05) is 48.1 Å². The van der Waals surface area contributed by atoms with Gasteiger partial charge in [-0.05, 0) is 55.5 Å². The highest BCUT2D eigenvalue weighted by Gasteiger charge is 2.47. The third kappa shape index (κ3) is 4.77. The molecule has 11 heteroatoms. The summed E-state index contributed by atoms with van der Waals surface area (Å²) in [5.74, 6) is -0.289. The first-order chi connectivity index (χ1) is 22.8. The summed E-state index contributed by atoms with van der Waals surface area (Å²) in [5.41, 5.74) is -0.215. The van der Waals surface area contributed by atoms with Gasteiger partial charge in [-0.2, -0.15) is 9.97 Å². The number of nitrogens with zero attached hydrogens (tertiary/aromatic N) is 5. The number of halogens is 3. The molecule has 0 amide bonds. The second-order valence-corrected chi connectivity index (χ2v) is 12.7. The quantitative estimate of drug-likeness (QED) is 0.166. The summed E-state index contributed by atoms with van der Waals surface area (Å²) in [5, 5.41) is 14.6. The number of rotatable bonds is 5. The van der Waals surface area contributed by atoms with Gasteiger partial charge in [-0.25, -0.2) is 18.0 Å². The van der Waals surface area contributed by atoms with Crippen LogP contribution in [0.25, 0.3) is 37.6 Å². The first kappa shape index (κ1) is 29.3. The molecule has 1 aromatic heterocycles. The number of fused-ring (bicyclic) bond motifs is 5. The Bertz CT molecular complexity index is 2120. The lowest BCUT2D eigenvalue weighted by Gasteiger charge is -2.35. The van der Waals surface area contributed by atoms with Crippen LogP contribution in [0, 0.1) is 36.4 Å². The number of hydrogen-bond acceptors (Lipinski definition) is 7. The summed E-state index contributed by atoms with van der Waals surface area (Å²) in [7, 11) is 0. The van der Waals surface area contributed by atoms with E-state index < -0.39 is 23.0 Å². The normalized spacial score (nSPS) is 24.3. The minimum absolute atomic E-state index is 0.0462. The summed E-state index contributed by atoms with van der Waals surface area (Å²) in [6.07, 6.45) is 13.9. The fourth-order valence-electron chi connectivity index (χ4n) is 7.84. The van der Waals surface area contributed by atoms with Gasteiger partial charge in [0.25, 0.3) is 0 Å². The molecule has 2 N–H and O–H groups in total. The molecule has 8 rings (SSSR count). The van der Waals surface area contributed by atoms with Crippen molar-refractivity contribution in [3.05, 3.63) is 88.7 Å². The number of anilines is 1. The molecule has 3 atom stereocenters. The van der Waals surface area contributed by atoms with Crippen LogP contribution in [-0.4, -0.2) is 70.4 Å². The Labute approximate surface area is 269 Å². The molecule has 236 valence electrons. The number of ether oxygens (including phenoxy) is 1. The van der Waals surface area contributed by atoms with Gasteiger partial charge in [0.15, 0.2) is 12.0 Å². The molecule has 4 aromatic rings. The molecule has 0 spiro atoms. The maximum absolute atomic E-state index is 16.9. The van der Waals surface area contributed by atoms with Gasteiger partial charge in [-0.15, -0.1) is 6.42 Å². The molecule has 2 bridgehead atoms. The molecule has 3 aromatic carbocycles. The van der Waals surface area contributed by atoms with E-state index >= 15 is 8.78 Å². The summed E-state index contributed by atoms with van der Waals surface area (Å²) in [4.78, 5) is 17.0. The smallest absolute Gasteiger partial charge is 0.319 e. The van der Waals surface area contributed by atoms with Gasteiger partial charge in [0.1, 0.15) is 35.3 Å². The van der Waals surface area contributed by atoms with Crippen LogP contribution >= 0.6 is 0 Å². The summed E-state index contributed by atoms with van der Waals surface area (Å²) in [6, 6.07) is 6.32. The Morgan fingerprint density at radius 3 is 2.72 bits per heavy atom. The van der Waals surface area contributed by atoms with Crippen LogP contribution in [0.5, 0.6) is 11.8 Å². The van der Waals surface area contributed by atoms with Crippen LogP contribution in [-0.2, 0) is 0 Å². The van der Waals surface area contributed by atoms with Crippen molar-refractivity contribution in [2.24, 2.45) is 0 Å². The number of aromatic nitrogens is 2. The summed E-state index contributed by atoms with van der Waals surface area (Å²) < 4.78 is 54.3. The maximum atomic E-state index is 16.9. The molecule has 4 aliphatic heterocycles. The van der Waals surface area contributed by atoms with Crippen LogP contribution in [0.1, 0.15) is 24.8 Å². The standard InChI is InChI=1S/C36H29F3N6O2/c1-3-25-28(37)8-5-21-11-24(46)12-26(30(21)25)31-29(38)13-27-33(32(31)39)42-35(43-34(27)44-17-22-6-7-23(18-44)41-22)47-19-36-9-4-10-45(36)16-20(14-36)15-40-2/h1,5-8,11-13,15,22-23,41,46H,4,9-10,14,16-19H2/b20-15+. The van der Waals surface area contributed by atoms with Gasteiger partial charge >= 0.3 is 6.01 Å². The zero-order valence-electron chi connectivity index (χ0n) is 25.2. The molecule has 0 aliphatic carbocycles. The van der Waals surface area contributed by atoms with Gasteiger partial charge in [0.2, 0.25) is 0 Å². The third-order valence-corrected chi connectivity index (χ3v) is 9.85. The number of nitrogens with one attached hydrogen (secondary N) is 1. The van der Waals surface area contributed by atoms with E-state index in [2.05, 4.69) is 38.1 Å². The highest BCUT2D eigenvalue weighted by atomic mass is 19.1. The molecule has 0 radical (unpaired) electrons. The lowest BCUT2D eigenvalue weighted by molar-refractivity contribution is 0.108. The zero-order valence-corrected chi connectivity index (χ0v) is 25.2. The van der Waals surface area contributed by atoms with Crippen LogP contribution in [0.15, 0.2) is 54.3 Å².